The number of nitrogens with zero attached hydrogens (tertiary/aromatic N) is 2. The third kappa shape index (κ3) is 8.19. The van der Waals surface area contributed by atoms with Crippen LogP contribution in [-0.4, -0.2) is 18.6 Å². The first-order valence-corrected chi connectivity index (χ1v) is 4.02. The van der Waals surface area contributed by atoms with Gasteiger partial charge in [-0.05, 0) is 26.0 Å². The summed E-state index contributed by atoms with van der Waals surface area (Å²) >= 11 is 0. The molecule has 0 aromatic carbocycles. The largest absolute Gasteiger partial charge is 0.387 e. The van der Waals surface area contributed by atoms with E-state index in [0.717, 1.165) is 5.70 Å². The number of amidine groups is 1. The van der Waals surface area contributed by atoms with E-state index in [1.165, 1.54) is 12.5 Å². The quantitative estimate of drug-likeness (QED) is 0.290. The summed E-state index contributed by atoms with van der Waals surface area (Å²) in [5.74, 6) is 0.458. The van der Waals surface area contributed by atoms with Gasteiger partial charge in [0.2, 0.25) is 6.41 Å². The lowest BCUT2D eigenvalue weighted by atomic mass is 10.4. The number of hydrogen-bond acceptors (Lipinski definition) is 2. The van der Waals surface area contributed by atoms with Crippen molar-refractivity contribution in [3.8, 4) is 0 Å². The second-order valence-corrected chi connectivity index (χ2v) is 2.47. The molecule has 0 fully saturated rings. The second-order valence-electron chi connectivity index (χ2n) is 2.47. The number of nitrogens with two attached hydrogens (primary N) is 1. The summed E-state index contributed by atoms with van der Waals surface area (Å²) in [5, 5.41) is 2.37. The van der Waals surface area contributed by atoms with E-state index in [0.29, 0.717) is 12.2 Å². The number of aliphatic imine (C=N–C) groups is 2. The molecule has 0 aliphatic carbocycles. The lowest BCUT2D eigenvalue weighted by Crippen LogP contribution is -2.04. The van der Waals surface area contributed by atoms with E-state index >= 15 is 0 Å². The highest BCUT2D eigenvalue weighted by Gasteiger charge is 1.78. The number of allylic oxidation sites excluding steroid dienone is 3. The van der Waals surface area contributed by atoms with Crippen LogP contribution in [0.4, 0.5) is 0 Å². The average Bonchev–Trinajstić information content (AvgIpc) is 2.12. The van der Waals surface area contributed by atoms with Crippen LogP contribution in [0.2, 0.25) is 0 Å². The normalized spacial score (nSPS) is 13.9. The minimum atomic E-state index is 0.458. The molecule has 1 amide bonds. The number of amides is 1. The molecular formula is C9H14N4O. The third-order valence-electron chi connectivity index (χ3n) is 1.12. The molecular weight excluding hydrogens is 180 g/mol. The number of carbonyl (C=O) groups excluding carboxylic acids is 1. The molecule has 0 heterocycles. The molecule has 0 bridgehead atoms. The van der Waals surface area contributed by atoms with E-state index in [1.54, 1.807) is 19.1 Å². The van der Waals surface area contributed by atoms with Crippen molar-refractivity contribution >= 4 is 18.6 Å². The fourth-order valence-electron chi connectivity index (χ4n) is 0.536. The zero-order valence-corrected chi connectivity index (χ0v) is 8.27. The fraction of sp³-hybridized carbons (Fsp3) is 0.222. The minimum Gasteiger partial charge on any atom is -0.387 e. The first-order valence-electron chi connectivity index (χ1n) is 4.02. The smallest absolute Gasteiger partial charge is 0.211 e. The summed E-state index contributed by atoms with van der Waals surface area (Å²) < 4.78 is 0. The predicted octanol–water partition coefficient (Wildman–Crippen LogP) is 0.555. The summed E-state index contributed by atoms with van der Waals surface area (Å²) in [6.07, 6.45) is 6.87. The molecule has 0 aliphatic rings. The predicted molar refractivity (Wildman–Crippen MR) is 57.9 cm³/mol. The van der Waals surface area contributed by atoms with E-state index in [4.69, 9.17) is 5.73 Å². The Balaban J connectivity index is 4.06. The molecule has 0 aromatic heterocycles. The summed E-state index contributed by atoms with van der Waals surface area (Å²) in [6.45, 7) is 3.49. The van der Waals surface area contributed by atoms with Crippen LogP contribution in [0.15, 0.2) is 34.0 Å². The average molecular weight is 194 g/mol. The Morgan fingerprint density at radius 3 is 2.71 bits per heavy atom. The Morgan fingerprint density at radius 2 is 2.14 bits per heavy atom. The van der Waals surface area contributed by atoms with Crippen LogP contribution in [0.1, 0.15) is 13.8 Å². The minimum absolute atomic E-state index is 0.458. The molecule has 76 valence electrons. The van der Waals surface area contributed by atoms with Gasteiger partial charge in [0.05, 0.1) is 5.84 Å². The van der Waals surface area contributed by atoms with Crippen molar-refractivity contribution in [2.24, 2.45) is 15.7 Å². The standard InChI is InChI=1S/C9H14N4O/c1-8(4-3-5-11-7-14)12-6-13-9(2)10/h3-7H,1-2H3,(H,11,14)(H2,10,12,13)/b5-3-,8-4+. The first-order chi connectivity index (χ1) is 6.66. The van der Waals surface area contributed by atoms with Gasteiger partial charge in [0.1, 0.15) is 6.34 Å². The molecule has 0 saturated carbocycles. The number of rotatable bonds is 5. The maximum atomic E-state index is 9.85. The molecule has 0 aliphatic heterocycles. The van der Waals surface area contributed by atoms with Crippen molar-refractivity contribution in [1.82, 2.24) is 5.32 Å². The van der Waals surface area contributed by atoms with Gasteiger partial charge < -0.3 is 11.1 Å². The molecule has 5 nitrogen and oxygen atoms in total. The van der Waals surface area contributed by atoms with Gasteiger partial charge in [0.15, 0.2) is 0 Å². The Bertz CT molecular complexity index is 285. The zero-order chi connectivity index (χ0) is 10.8. The molecule has 3 N–H and O–H groups in total. The van der Waals surface area contributed by atoms with E-state index < -0.39 is 0 Å². The molecule has 0 aromatic rings. The number of carbonyl (C=O) groups is 1. The Labute approximate surface area is 83.1 Å². The SMILES string of the molecule is CC(N)=NC=N/C(C)=C/C=C\NC=O. The lowest BCUT2D eigenvalue weighted by molar-refractivity contribution is -0.108. The lowest BCUT2D eigenvalue weighted by Gasteiger charge is -1.87. The molecule has 0 unspecified atom stereocenters. The molecule has 0 radical (unpaired) electrons. The maximum Gasteiger partial charge on any atom is 0.211 e. The van der Waals surface area contributed by atoms with Gasteiger partial charge in [-0.2, -0.15) is 0 Å². The molecule has 5 heteroatoms. The van der Waals surface area contributed by atoms with Crippen LogP contribution in [0.3, 0.4) is 0 Å². The van der Waals surface area contributed by atoms with Crippen molar-refractivity contribution in [1.29, 1.82) is 0 Å². The molecule has 0 saturated heterocycles. The maximum absolute atomic E-state index is 9.85. The van der Waals surface area contributed by atoms with Crippen LogP contribution in [0, 0.1) is 0 Å². The highest BCUT2D eigenvalue weighted by Crippen LogP contribution is 1.92. The third-order valence-corrected chi connectivity index (χ3v) is 1.12. The molecule has 0 atom stereocenters. The number of nitrogens with one attached hydrogen (secondary N) is 1. The van der Waals surface area contributed by atoms with Crippen molar-refractivity contribution in [2.75, 3.05) is 0 Å². The van der Waals surface area contributed by atoms with E-state index in [-0.39, 0.29) is 0 Å². The molecule has 14 heavy (non-hydrogen) atoms. The van der Waals surface area contributed by atoms with E-state index in [1.807, 2.05) is 6.92 Å². The summed E-state index contributed by atoms with van der Waals surface area (Å²) in [6, 6.07) is 0. The Morgan fingerprint density at radius 1 is 1.43 bits per heavy atom. The van der Waals surface area contributed by atoms with E-state index in [2.05, 4.69) is 15.3 Å². The summed E-state index contributed by atoms with van der Waals surface area (Å²) in [5.41, 5.74) is 6.06. The van der Waals surface area contributed by atoms with Crippen LogP contribution in [0.5, 0.6) is 0 Å². The Kier molecular flexibility index (Phi) is 6.67. The van der Waals surface area contributed by atoms with E-state index in [9.17, 15) is 4.79 Å². The first kappa shape index (κ1) is 12.1. The van der Waals surface area contributed by atoms with Gasteiger partial charge in [0, 0.05) is 11.9 Å². The van der Waals surface area contributed by atoms with Crippen molar-refractivity contribution < 1.29 is 4.79 Å². The van der Waals surface area contributed by atoms with Crippen molar-refractivity contribution in [3.05, 3.63) is 24.0 Å². The molecule has 0 spiro atoms. The van der Waals surface area contributed by atoms with Crippen LogP contribution >= 0.6 is 0 Å². The van der Waals surface area contributed by atoms with Gasteiger partial charge in [0.25, 0.3) is 0 Å². The van der Waals surface area contributed by atoms with Gasteiger partial charge in [-0.25, -0.2) is 9.98 Å². The summed E-state index contributed by atoms with van der Waals surface area (Å²) in [7, 11) is 0. The monoisotopic (exact) mass is 194 g/mol. The van der Waals surface area contributed by atoms with Crippen LogP contribution < -0.4 is 11.1 Å². The van der Waals surface area contributed by atoms with Gasteiger partial charge in [-0.1, -0.05) is 0 Å². The fourth-order valence-corrected chi connectivity index (χ4v) is 0.536. The highest BCUT2D eigenvalue weighted by molar-refractivity contribution is 5.85. The topological polar surface area (TPSA) is 79.8 Å². The zero-order valence-electron chi connectivity index (χ0n) is 8.27. The molecule has 0 rings (SSSR count). The van der Waals surface area contributed by atoms with Crippen molar-refractivity contribution in [3.63, 3.8) is 0 Å². The van der Waals surface area contributed by atoms with Gasteiger partial charge >= 0.3 is 0 Å². The second kappa shape index (κ2) is 7.72. The highest BCUT2D eigenvalue weighted by atomic mass is 16.1. The van der Waals surface area contributed by atoms with Gasteiger partial charge in [-0.3, -0.25) is 4.79 Å². The van der Waals surface area contributed by atoms with Crippen LogP contribution in [-0.2, 0) is 4.79 Å². The van der Waals surface area contributed by atoms with Crippen molar-refractivity contribution in [2.45, 2.75) is 13.8 Å². The number of hydrogen-bond donors (Lipinski definition) is 2. The van der Waals surface area contributed by atoms with Gasteiger partial charge in [-0.15, -0.1) is 0 Å². The Hall–Kier alpha value is -1.91. The van der Waals surface area contributed by atoms with Crippen LogP contribution in [0.25, 0.3) is 0 Å². The summed E-state index contributed by atoms with van der Waals surface area (Å²) in [4.78, 5) is 17.6.